The summed E-state index contributed by atoms with van der Waals surface area (Å²) < 4.78 is 24.6. The van der Waals surface area contributed by atoms with Gasteiger partial charge in [0, 0.05) is 28.5 Å². The summed E-state index contributed by atoms with van der Waals surface area (Å²) in [6.07, 6.45) is 0. The molecule has 102 valence electrons. The number of aryl methyl sites for hydroxylation is 1. The maximum Gasteiger partial charge on any atom is 0.261 e. The number of halogens is 1. The van der Waals surface area contributed by atoms with Crippen LogP contribution >= 0.6 is 10.7 Å². The molecule has 4 nitrogen and oxygen atoms in total. The fourth-order valence-electron chi connectivity index (χ4n) is 2.37. The maximum absolute atomic E-state index is 12.5. The lowest BCUT2D eigenvalue weighted by atomic mass is 10.1. The molecule has 0 atom stereocenters. The Balaban J connectivity index is 2.57. The molecule has 3 rings (SSSR count). The van der Waals surface area contributed by atoms with E-state index in [2.05, 4.69) is 0 Å². The molecule has 1 heterocycles. The number of nitrogens with zero attached hydrogens (tertiary/aromatic N) is 1. The third-order valence-electron chi connectivity index (χ3n) is 3.37. The van der Waals surface area contributed by atoms with Crippen LogP contribution in [0, 0.1) is 0 Å². The van der Waals surface area contributed by atoms with Crippen molar-refractivity contribution in [2.24, 2.45) is 7.05 Å². The van der Waals surface area contributed by atoms with E-state index in [1.165, 1.54) is 12.1 Å². The molecular weight excluding hydrogens is 298 g/mol. The van der Waals surface area contributed by atoms with E-state index in [0.717, 1.165) is 5.52 Å². The molecule has 0 aliphatic carbocycles. The standard InChI is InChI=1S/C14H10ClNO3S/c1-16-12-5-3-2-4-10(12)14(17)11-8-9(20(15,18)19)6-7-13(11)16/h2-8H,1H3. The zero-order chi connectivity index (χ0) is 14.5. The Hall–Kier alpha value is -1.85. The largest absolute Gasteiger partial charge is 0.343 e. The summed E-state index contributed by atoms with van der Waals surface area (Å²) >= 11 is 0. The summed E-state index contributed by atoms with van der Waals surface area (Å²) in [6.45, 7) is 0. The van der Waals surface area contributed by atoms with Gasteiger partial charge in [-0.15, -0.1) is 0 Å². The zero-order valence-electron chi connectivity index (χ0n) is 10.5. The Bertz CT molecular complexity index is 1010. The first-order chi connectivity index (χ1) is 9.39. The highest BCUT2D eigenvalue weighted by atomic mass is 35.7. The van der Waals surface area contributed by atoms with Crippen LogP contribution in [0.4, 0.5) is 0 Å². The smallest absolute Gasteiger partial charge is 0.261 e. The monoisotopic (exact) mass is 307 g/mol. The minimum atomic E-state index is -3.85. The number of benzene rings is 2. The Morgan fingerprint density at radius 3 is 2.35 bits per heavy atom. The third kappa shape index (κ3) is 1.90. The van der Waals surface area contributed by atoms with E-state index in [4.69, 9.17) is 10.7 Å². The number of pyridine rings is 1. The molecular formula is C14H10ClNO3S. The van der Waals surface area contributed by atoms with Gasteiger partial charge in [-0.2, -0.15) is 0 Å². The van der Waals surface area contributed by atoms with Crippen LogP contribution in [0.3, 0.4) is 0 Å². The molecule has 0 N–H and O–H groups in total. The minimum Gasteiger partial charge on any atom is -0.343 e. The van der Waals surface area contributed by atoms with Gasteiger partial charge in [-0.05, 0) is 30.3 Å². The fraction of sp³-hybridized carbons (Fsp3) is 0.0714. The molecule has 0 spiro atoms. The van der Waals surface area contributed by atoms with Gasteiger partial charge in [0.15, 0.2) is 5.43 Å². The lowest BCUT2D eigenvalue weighted by molar-refractivity contribution is 0.609. The molecule has 6 heteroatoms. The van der Waals surface area contributed by atoms with Crippen molar-refractivity contribution >= 4 is 41.5 Å². The number of para-hydroxylation sites is 1. The van der Waals surface area contributed by atoms with Crippen molar-refractivity contribution < 1.29 is 8.42 Å². The quantitative estimate of drug-likeness (QED) is 0.513. The molecule has 0 fully saturated rings. The summed E-state index contributed by atoms with van der Waals surface area (Å²) in [5.74, 6) is 0. The molecule has 20 heavy (non-hydrogen) atoms. The first-order valence-corrected chi connectivity index (χ1v) is 8.17. The molecule has 3 aromatic rings. The van der Waals surface area contributed by atoms with Gasteiger partial charge in [0.2, 0.25) is 0 Å². The van der Waals surface area contributed by atoms with E-state index in [1.807, 2.05) is 23.7 Å². The first kappa shape index (κ1) is 13.1. The van der Waals surface area contributed by atoms with E-state index in [0.29, 0.717) is 16.3 Å². The molecule has 0 saturated carbocycles. The maximum atomic E-state index is 12.5. The minimum absolute atomic E-state index is 0.0703. The van der Waals surface area contributed by atoms with E-state index < -0.39 is 9.05 Å². The summed E-state index contributed by atoms with van der Waals surface area (Å²) in [5.41, 5.74) is 1.26. The van der Waals surface area contributed by atoms with Gasteiger partial charge >= 0.3 is 0 Å². The Labute approximate surface area is 119 Å². The molecule has 0 saturated heterocycles. The van der Waals surface area contributed by atoms with E-state index in [9.17, 15) is 13.2 Å². The normalized spacial score (nSPS) is 12.1. The number of rotatable bonds is 1. The van der Waals surface area contributed by atoms with Crippen molar-refractivity contribution in [3.63, 3.8) is 0 Å². The van der Waals surface area contributed by atoms with Crippen molar-refractivity contribution in [1.29, 1.82) is 0 Å². The highest BCUT2D eigenvalue weighted by molar-refractivity contribution is 8.13. The third-order valence-corrected chi connectivity index (χ3v) is 4.72. The van der Waals surface area contributed by atoms with Gasteiger partial charge in [0.25, 0.3) is 9.05 Å². The number of hydrogen-bond donors (Lipinski definition) is 0. The molecule has 0 aliphatic rings. The van der Waals surface area contributed by atoms with Gasteiger partial charge in [-0.25, -0.2) is 8.42 Å². The van der Waals surface area contributed by atoms with Gasteiger partial charge in [0.1, 0.15) is 0 Å². The van der Waals surface area contributed by atoms with Crippen molar-refractivity contribution in [2.75, 3.05) is 0 Å². The van der Waals surface area contributed by atoms with Gasteiger partial charge in [-0.3, -0.25) is 4.79 Å². The number of hydrogen-bond acceptors (Lipinski definition) is 3. The molecule has 0 bridgehead atoms. The molecule has 0 unspecified atom stereocenters. The molecule has 0 radical (unpaired) electrons. The average Bonchev–Trinajstić information content (AvgIpc) is 2.43. The molecule has 0 aliphatic heterocycles. The second-order valence-electron chi connectivity index (χ2n) is 4.52. The highest BCUT2D eigenvalue weighted by Crippen LogP contribution is 2.22. The van der Waals surface area contributed by atoms with Gasteiger partial charge in [-0.1, -0.05) is 12.1 Å². The van der Waals surface area contributed by atoms with E-state index in [1.54, 1.807) is 18.2 Å². The number of aromatic nitrogens is 1. The highest BCUT2D eigenvalue weighted by Gasteiger charge is 2.14. The Kier molecular flexibility index (Phi) is 2.84. The second-order valence-corrected chi connectivity index (χ2v) is 7.09. The van der Waals surface area contributed by atoms with Crippen molar-refractivity contribution in [2.45, 2.75) is 4.90 Å². The van der Waals surface area contributed by atoms with Crippen LogP contribution in [0.1, 0.15) is 0 Å². The van der Waals surface area contributed by atoms with Crippen molar-refractivity contribution in [1.82, 2.24) is 4.57 Å². The summed E-state index contributed by atoms with van der Waals surface area (Å²) in [5, 5.41) is 0.888. The Morgan fingerprint density at radius 2 is 1.65 bits per heavy atom. The first-order valence-electron chi connectivity index (χ1n) is 5.86. The van der Waals surface area contributed by atoms with Gasteiger partial charge in [0.05, 0.1) is 15.9 Å². The lowest BCUT2D eigenvalue weighted by Crippen LogP contribution is -2.09. The molecule has 2 aromatic carbocycles. The average molecular weight is 308 g/mol. The molecule has 0 amide bonds. The number of fused-ring (bicyclic) bond motifs is 2. The molecule has 1 aromatic heterocycles. The zero-order valence-corrected chi connectivity index (χ0v) is 12.1. The van der Waals surface area contributed by atoms with Gasteiger partial charge < -0.3 is 4.57 Å². The van der Waals surface area contributed by atoms with Crippen LogP contribution in [0.15, 0.2) is 52.2 Å². The predicted molar refractivity (Wildman–Crippen MR) is 79.7 cm³/mol. The topological polar surface area (TPSA) is 56.1 Å². The van der Waals surface area contributed by atoms with Crippen LogP contribution in [-0.2, 0) is 16.1 Å². The SMILES string of the molecule is Cn1c2ccccc2c(=O)c2cc(S(=O)(=O)Cl)ccc21. The van der Waals surface area contributed by atoms with Crippen LogP contribution < -0.4 is 5.43 Å². The van der Waals surface area contributed by atoms with Crippen molar-refractivity contribution in [3.8, 4) is 0 Å². The van der Waals surface area contributed by atoms with E-state index in [-0.39, 0.29) is 10.3 Å². The van der Waals surface area contributed by atoms with Crippen LogP contribution in [0.5, 0.6) is 0 Å². The van der Waals surface area contributed by atoms with Crippen molar-refractivity contribution in [3.05, 3.63) is 52.7 Å². The fourth-order valence-corrected chi connectivity index (χ4v) is 3.15. The lowest BCUT2D eigenvalue weighted by Gasteiger charge is -2.10. The van der Waals surface area contributed by atoms with Crippen LogP contribution in [0.2, 0.25) is 0 Å². The summed E-state index contributed by atoms with van der Waals surface area (Å²) in [4.78, 5) is 12.4. The Morgan fingerprint density at radius 1 is 1.00 bits per heavy atom. The predicted octanol–water partition coefficient (Wildman–Crippen LogP) is 2.62. The summed E-state index contributed by atoms with van der Waals surface area (Å²) in [6, 6.07) is 11.5. The summed E-state index contributed by atoms with van der Waals surface area (Å²) in [7, 11) is 3.31. The second kappa shape index (κ2) is 4.33. The van der Waals surface area contributed by atoms with Crippen LogP contribution in [0.25, 0.3) is 21.8 Å². The van der Waals surface area contributed by atoms with E-state index >= 15 is 0 Å². The van der Waals surface area contributed by atoms with Crippen LogP contribution in [-0.4, -0.2) is 13.0 Å².